The lowest BCUT2D eigenvalue weighted by atomic mass is 9.81. The predicted molar refractivity (Wildman–Crippen MR) is 78.6 cm³/mol. The molecule has 0 aromatic rings. The molecule has 0 aromatic carbocycles. The van der Waals surface area contributed by atoms with Crippen LogP contribution in [0.25, 0.3) is 0 Å². The molecule has 1 fully saturated rings. The van der Waals surface area contributed by atoms with Gasteiger partial charge in [0.25, 0.3) is 0 Å². The smallest absolute Gasteiger partial charge is 0.324 e. The minimum absolute atomic E-state index is 0.0663. The molecule has 22 heavy (non-hydrogen) atoms. The lowest BCUT2D eigenvalue weighted by Gasteiger charge is -2.25. The third-order valence-corrected chi connectivity index (χ3v) is 3.40. The standard InChI is InChI=1S/C16H22O6/c1-6-9-16(13(17)19-4,14(18)20-5)10-7-8-12-11-21-15(2,3)22-12/h1,7-8,12H,9-11H2,2-5H3/b8-7+/t12-/m0/s1. The van der Waals surface area contributed by atoms with Gasteiger partial charge in [-0.25, -0.2) is 0 Å². The van der Waals surface area contributed by atoms with E-state index in [2.05, 4.69) is 5.92 Å². The lowest BCUT2D eigenvalue weighted by molar-refractivity contribution is -0.168. The van der Waals surface area contributed by atoms with E-state index in [1.54, 1.807) is 12.2 Å². The number of rotatable bonds is 6. The van der Waals surface area contributed by atoms with Crippen molar-refractivity contribution in [1.82, 2.24) is 0 Å². The summed E-state index contributed by atoms with van der Waals surface area (Å²) in [5.41, 5.74) is -1.54. The Kier molecular flexibility index (Phi) is 6.15. The van der Waals surface area contributed by atoms with Crippen LogP contribution in [0.5, 0.6) is 0 Å². The van der Waals surface area contributed by atoms with Gasteiger partial charge in [0.1, 0.15) is 6.10 Å². The number of terminal acetylenes is 1. The number of allylic oxidation sites excluding steroid dienone is 1. The molecule has 6 nitrogen and oxygen atoms in total. The Morgan fingerprint density at radius 1 is 1.36 bits per heavy atom. The van der Waals surface area contributed by atoms with Gasteiger partial charge in [-0.1, -0.05) is 12.2 Å². The van der Waals surface area contributed by atoms with E-state index in [0.717, 1.165) is 0 Å². The summed E-state index contributed by atoms with van der Waals surface area (Å²) in [5, 5.41) is 0. The minimum Gasteiger partial charge on any atom is -0.468 e. The average molecular weight is 310 g/mol. The zero-order valence-electron chi connectivity index (χ0n) is 13.4. The third kappa shape index (κ3) is 4.09. The van der Waals surface area contributed by atoms with E-state index in [0.29, 0.717) is 6.61 Å². The average Bonchev–Trinajstić information content (AvgIpc) is 2.83. The highest BCUT2D eigenvalue weighted by atomic mass is 16.7. The van der Waals surface area contributed by atoms with E-state index < -0.39 is 23.1 Å². The highest BCUT2D eigenvalue weighted by molar-refractivity contribution is 6.00. The molecular weight excluding hydrogens is 288 g/mol. The Labute approximate surface area is 130 Å². The number of esters is 2. The van der Waals surface area contributed by atoms with Crippen molar-refractivity contribution in [2.45, 2.75) is 38.6 Å². The zero-order chi connectivity index (χ0) is 16.8. The summed E-state index contributed by atoms with van der Waals surface area (Å²) in [7, 11) is 2.41. The molecule has 0 aromatic heterocycles. The van der Waals surface area contributed by atoms with E-state index >= 15 is 0 Å². The number of carbonyl (C=O) groups excluding carboxylic acids is 2. The molecule has 0 spiro atoms. The Balaban J connectivity index is 2.87. The van der Waals surface area contributed by atoms with Crippen LogP contribution in [0.3, 0.4) is 0 Å². The number of carbonyl (C=O) groups is 2. The maximum atomic E-state index is 12.0. The molecule has 1 heterocycles. The molecule has 122 valence electrons. The molecule has 0 N–H and O–H groups in total. The summed E-state index contributed by atoms with van der Waals surface area (Å²) in [5.74, 6) is 0.262. The van der Waals surface area contributed by atoms with Crippen LogP contribution in [0.1, 0.15) is 26.7 Å². The summed E-state index contributed by atoms with van der Waals surface area (Å²) in [4.78, 5) is 24.1. The van der Waals surface area contributed by atoms with Crippen LogP contribution in [-0.4, -0.2) is 44.7 Å². The molecule has 1 aliphatic heterocycles. The van der Waals surface area contributed by atoms with Crippen molar-refractivity contribution in [3.63, 3.8) is 0 Å². The second kappa shape index (κ2) is 7.43. The SMILES string of the molecule is C#CCC(C/C=C/[C@H]1COC(C)(C)O1)(C(=O)OC)C(=O)OC. The lowest BCUT2D eigenvalue weighted by Crippen LogP contribution is -2.40. The van der Waals surface area contributed by atoms with Gasteiger partial charge in [0, 0.05) is 6.42 Å². The predicted octanol–water partition coefficient (Wildman–Crippen LogP) is 1.44. The maximum Gasteiger partial charge on any atom is 0.324 e. The van der Waals surface area contributed by atoms with E-state index in [4.69, 9.17) is 25.4 Å². The van der Waals surface area contributed by atoms with Crippen molar-refractivity contribution >= 4 is 11.9 Å². The normalized spacial score (nSPS) is 20.6. The Hall–Kier alpha value is -1.84. The number of hydrogen-bond donors (Lipinski definition) is 0. The molecule has 0 radical (unpaired) electrons. The second-order valence-electron chi connectivity index (χ2n) is 5.45. The summed E-state index contributed by atoms with van der Waals surface area (Å²) >= 11 is 0. The van der Waals surface area contributed by atoms with Crippen molar-refractivity contribution in [2.75, 3.05) is 20.8 Å². The van der Waals surface area contributed by atoms with Gasteiger partial charge < -0.3 is 18.9 Å². The van der Waals surface area contributed by atoms with Gasteiger partial charge in [-0.2, -0.15) is 0 Å². The van der Waals surface area contributed by atoms with Crippen LogP contribution in [0.2, 0.25) is 0 Å². The monoisotopic (exact) mass is 310 g/mol. The largest absolute Gasteiger partial charge is 0.468 e. The van der Waals surface area contributed by atoms with Crippen molar-refractivity contribution in [3.05, 3.63) is 12.2 Å². The van der Waals surface area contributed by atoms with Crippen molar-refractivity contribution in [3.8, 4) is 12.3 Å². The summed E-state index contributed by atoms with van der Waals surface area (Å²) in [6, 6.07) is 0. The highest BCUT2D eigenvalue weighted by Crippen LogP contribution is 2.31. The van der Waals surface area contributed by atoms with E-state index in [-0.39, 0.29) is 18.9 Å². The molecular formula is C16H22O6. The Bertz CT molecular complexity index is 469. The fraction of sp³-hybridized carbons (Fsp3) is 0.625. The van der Waals surface area contributed by atoms with Gasteiger partial charge in [-0.15, -0.1) is 12.3 Å². The van der Waals surface area contributed by atoms with Crippen molar-refractivity contribution in [1.29, 1.82) is 0 Å². The summed E-state index contributed by atoms with van der Waals surface area (Å²) in [6.45, 7) is 4.03. The molecule has 0 bridgehead atoms. The minimum atomic E-state index is -1.54. The Morgan fingerprint density at radius 3 is 2.36 bits per heavy atom. The van der Waals surface area contributed by atoms with Crippen molar-refractivity contribution < 1.29 is 28.5 Å². The second-order valence-corrected chi connectivity index (χ2v) is 5.45. The highest BCUT2D eigenvalue weighted by Gasteiger charge is 2.47. The molecule has 1 rings (SSSR count). The van der Waals surface area contributed by atoms with E-state index in [9.17, 15) is 9.59 Å². The first-order valence-corrected chi connectivity index (χ1v) is 6.90. The fourth-order valence-corrected chi connectivity index (χ4v) is 2.26. The first-order chi connectivity index (χ1) is 10.3. The quantitative estimate of drug-likeness (QED) is 0.320. The fourth-order valence-electron chi connectivity index (χ4n) is 2.26. The number of methoxy groups -OCH3 is 2. The number of hydrogen-bond acceptors (Lipinski definition) is 6. The first kappa shape index (κ1) is 18.2. The van der Waals surface area contributed by atoms with Crippen molar-refractivity contribution in [2.24, 2.45) is 5.41 Å². The van der Waals surface area contributed by atoms with Gasteiger partial charge in [0.2, 0.25) is 0 Å². The van der Waals surface area contributed by atoms with Crippen LogP contribution in [-0.2, 0) is 28.5 Å². The van der Waals surface area contributed by atoms with Gasteiger partial charge in [-0.05, 0) is 20.3 Å². The Morgan fingerprint density at radius 2 is 1.95 bits per heavy atom. The van der Waals surface area contributed by atoms with Crippen LogP contribution < -0.4 is 0 Å². The number of ether oxygens (including phenoxy) is 4. The van der Waals surface area contributed by atoms with Crippen LogP contribution in [0.4, 0.5) is 0 Å². The molecule has 0 saturated carbocycles. The van der Waals surface area contributed by atoms with Gasteiger partial charge in [0.15, 0.2) is 11.2 Å². The topological polar surface area (TPSA) is 71.1 Å². The van der Waals surface area contributed by atoms with Gasteiger partial charge >= 0.3 is 11.9 Å². The summed E-state index contributed by atoms with van der Waals surface area (Å²) in [6.07, 6.45) is 8.42. The van der Waals surface area contributed by atoms with Gasteiger partial charge in [0.05, 0.1) is 20.8 Å². The summed E-state index contributed by atoms with van der Waals surface area (Å²) < 4.78 is 20.5. The van der Waals surface area contributed by atoms with E-state index in [1.165, 1.54) is 14.2 Å². The molecule has 1 aliphatic rings. The zero-order valence-corrected chi connectivity index (χ0v) is 13.4. The molecule has 0 amide bonds. The van der Waals surface area contributed by atoms with Gasteiger partial charge in [-0.3, -0.25) is 9.59 Å². The molecule has 0 aliphatic carbocycles. The molecule has 1 saturated heterocycles. The van der Waals surface area contributed by atoms with Crippen LogP contribution in [0.15, 0.2) is 12.2 Å². The third-order valence-electron chi connectivity index (χ3n) is 3.40. The van der Waals surface area contributed by atoms with Crippen LogP contribution in [0, 0.1) is 17.8 Å². The van der Waals surface area contributed by atoms with Crippen LogP contribution >= 0.6 is 0 Å². The molecule has 6 heteroatoms. The molecule has 1 atom stereocenters. The van der Waals surface area contributed by atoms with E-state index in [1.807, 2.05) is 13.8 Å². The first-order valence-electron chi connectivity index (χ1n) is 6.90. The maximum absolute atomic E-state index is 12.0. The molecule has 0 unspecified atom stereocenters.